The van der Waals surface area contributed by atoms with Crippen molar-refractivity contribution < 1.29 is 9.53 Å². The van der Waals surface area contributed by atoms with Gasteiger partial charge in [-0.15, -0.1) is 0 Å². The van der Waals surface area contributed by atoms with E-state index in [9.17, 15) is 9.59 Å². The molecule has 2 N–H and O–H groups in total. The Bertz CT molecular complexity index is 1180. The van der Waals surface area contributed by atoms with Crippen molar-refractivity contribution in [3.05, 3.63) is 85.2 Å². The predicted octanol–water partition coefficient (Wildman–Crippen LogP) is 3.90. The van der Waals surface area contributed by atoms with Gasteiger partial charge in [0.25, 0.3) is 11.5 Å². The Balaban J connectivity index is 1.50. The molecule has 9 heteroatoms. The molecule has 4 rings (SSSR count). The number of nitrogens with zero attached hydrogens (tertiary/aromatic N) is 2. The van der Waals surface area contributed by atoms with Gasteiger partial charge in [0.15, 0.2) is 0 Å². The summed E-state index contributed by atoms with van der Waals surface area (Å²) in [5.41, 5.74) is 2.45. The van der Waals surface area contributed by atoms with Crippen LogP contribution >= 0.6 is 23.2 Å². The van der Waals surface area contributed by atoms with E-state index in [4.69, 9.17) is 27.9 Å². The number of methoxy groups -OCH3 is 1. The van der Waals surface area contributed by atoms with Crippen molar-refractivity contribution in [1.29, 1.82) is 0 Å². The number of amides is 1. The van der Waals surface area contributed by atoms with Gasteiger partial charge >= 0.3 is 0 Å². The van der Waals surface area contributed by atoms with E-state index in [0.29, 0.717) is 52.3 Å². The van der Waals surface area contributed by atoms with E-state index >= 15 is 0 Å². The smallest absolute Gasteiger partial charge is 0.255 e. The van der Waals surface area contributed by atoms with E-state index in [1.807, 2.05) is 24.3 Å². The van der Waals surface area contributed by atoms with Crippen LogP contribution < -0.4 is 15.6 Å². The van der Waals surface area contributed by atoms with Gasteiger partial charge in [0, 0.05) is 24.2 Å². The van der Waals surface area contributed by atoms with Crippen molar-refractivity contribution in [2.45, 2.75) is 19.5 Å². The Morgan fingerprint density at radius 1 is 1.19 bits per heavy atom. The summed E-state index contributed by atoms with van der Waals surface area (Å²) in [4.78, 5) is 34.4. The molecule has 0 fully saturated rings. The monoisotopic (exact) mass is 458 g/mol. The molecular formula is C22H20Cl2N4O3. The van der Waals surface area contributed by atoms with Gasteiger partial charge in [-0.3, -0.25) is 14.6 Å². The fourth-order valence-corrected chi connectivity index (χ4v) is 3.74. The number of halogens is 2. The molecule has 1 aromatic heterocycles. The molecule has 160 valence electrons. The Hall–Kier alpha value is -3.03. The van der Waals surface area contributed by atoms with Crippen LogP contribution in [0.4, 0.5) is 5.95 Å². The molecular weight excluding hydrogens is 439 g/mol. The highest BCUT2D eigenvalue weighted by atomic mass is 35.5. The van der Waals surface area contributed by atoms with Crippen LogP contribution in [0, 0.1) is 0 Å². The number of aromatic amines is 1. The van der Waals surface area contributed by atoms with Crippen molar-refractivity contribution in [3.63, 3.8) is 0 Å². The maximum Gasteiger partial charge on any atom is 0.255 e. The van der Waals surface area contributed by atoms with Crippen LogP contribution in [0.2, 0.25) is 10.0 Å². The summed E-state index contributed by atoms with van der Waals surface area (Å²) in [5, 5.41) is 3.85. The molecule has 31 heavy (non-hydrogen) atoms. The highest BCUT2D eigenvalue weighted by molar-refractivity contribution is 6.42. The third-order valence-corrected chi connectivity index (χ3v) is 5.89. The van der Waals surface area contributed by atoms with E-state index in [1.165, 1.54) is 0 Å². The minimum atomic E-state index is -0.191. The van der Waals surface area contributed by atoms with Gasteiger partial charge in [0.2, 0.25) is 5.95 Å². The number of H-pyrrole nitrogens is 1. The van der Waals surface area contributed by atoms with Crippen LogP contribution in [0.15, 0.2) is 47.3 Å². The van der Waals surface area contributed by atoms with Gasteiger partial charge in [-0.1, -0.05) is 35.3 Å². The lowest BCUT2D eigenvalue weighted by Crippen LogP contribution is -2.39. The number of aromatic nitrogens is 2. The SMILES string of the molecule is COc1ccc(CNc2nc3c(c(=O)[nH]2)CCN(C(=O)c2ccc(Cl)c(Cl)c2)C3)cc1. The first kappa shape index (κ1) is 21.2. The van der Waals surface area contributed by atoms with Crippen molar-refractivity contribution >= 4 is 35.1 Å². The van der Waals surface area contributed by atoms with Crippen molar-refractivity contribution in [2.75, 3.05) is 19.0 Å². The number of nitrogens with one attached hydrogen (secondary N) is 2. The summed E-state index contributed by atoms with van der Waals surface area (Å²) in [6.45, 7) is 1.16. The molecule has 0 unspecified atom stereocenters. The largest absolute Gasteiger partial charge is 0.497 e. The Morgan fingerprint density at radius 3 is 2.68 bits per heavy atom. The number of hydrogen-bond acceptors (Lipinski definition) is 5. The summed E-state index contributed by atoms with van der Waals surface area (Å²) in [5.74, 6) is 0.957. The molecule has 2 aromatic carbocycles. The maximum absolute atomic E-state index is 12.9. The normalized spacial score (nSPS) is 12.9. The zero-order valence-corrected chi connectivity index (χ0v) is 18.3. The van der Waals surface area contributed by atoms with Crippen LogP contribution in [-0.2, 0) is 19.5 Å². The van der Waals surface area contributed by atoms with Crippen LogP contribution in [0.25, 0.3) is 0 Å². The Labute approximate surface area is 189 Å². The number of carbonyl (C=O) groups is 1. The van der Waals surface area contributed by atoms with Crippen LogP contribution in [0.5, 0.6) is 5.75 Å². The standard InChI is InChI=1S/C22H20Cl2N4O3/c1-31-15-5-2-13(3-6-15)11-25-22-26-19-12-28(9-8-16(19)20(29)27-22)21(30)14-4-7-17(23)18(24)10-14/h2-7,10H,8-9,11-12H2,1H3,(H2,25,26,27,29). The number of rotatable bonds is 5. The summed E-state index contributed by atoms with van der Waals surface area (Å²) >= 11 is 12.0. The molecule has 0 saturated heterocycles. The van der Waals surface area contributed by atoms with E-state index < -0.39 is 0 Å². The Morgan fingerprint density at radius 2 is 1.97 bits per heavy atom. The number of fused-ring (bicyclic) bond motifs is 1. The van der Waals surface area contributed by atoms with Crippen molar-refractivity contribution in [2.24, 2.45) is 0 Å². The minimum Gasteiger partial charge on any atom is -0.497 e. The average molecular weight is 459 g/mol. The summed E-state index contributed by atoms with van der Waals surface area (Å²) in [6, 6.07) is 12.4. The second-order valence-electron chi connectivity index (χ2n) is 7.15. The molecule has 1 amide bonds. The topological polar surface area (TPSA) is 87.3 Å². The number of benzene rings is 2. The molecule has 2 heterocycles. The van der Waals surface area contributed by atoms with Gasteiger partial charge in [0.1, 0.15) is 5.75 Å². The zero-order valence-electron chi connectivity index (χ0n) is 16.7. The van der Waals surface area contributed by atoms with Gasteiger partial charge in [0.05, 0.1) is 29.4 Å². The van der Waals surface area contributed by atoms with Gasteiger partial charge in [-0.2, -0.15) is 0 Å². The fourth-order valence-electron chi connectivity index (χ4n) is 3.44. The molecule has 1 aliphatic rings. The number of ether oxygens (including phenoxy) is 1. The zero-order chi connectivity index (χ0) is 22.0. The minimum absolute atomic E-state index is 0.181. The molecule has 1 aliphatic heterocycles. The van der Waals surface area contributed by atoms with Crippen LogP contribution in [0.3, 0.4) is 0 Å². The van der Waals surface area contributed by atoms with Gasteiger partial charge in [-0.25, -0.2) is 4.98 Å². The first-order valence-corrected chi connectivity index (χ1v) is 10.4. The Kier molecular flexibility index (Phi) is 6.15. The van der Waals surface area contributed by atoms with Crippen LogP contribution in [-0.4, -0.2) is 34.4 Å². The number of anilines is 1. The highest BCUT2D eigenvalue weighted by Crippen LogP contribution is 2.24. The van der Waals surface area contributed by atoms with Crippen molar-refractivity contribution in [3.8, 4) is 5.75 Å². The van der Waals surface area contributed by atoms with E-state index in [2.05, 4.69) is 15.3 Å². The lowest BCUT2D eigenvalue weighted by molar-refractivity contribution is 0.0731. The third kappa shape index (κ3) is 4.68. The van der Waals surface area contributed by atoms with Gasteiger partial charge < -0.3 is 15.0 Å². The molecule has 0 aliphatic carbocycles. The van der Waals surface area contributed by atoms with E-state index in [0.717, 1.165) is 11.3 Å². The molecule has 3 aromatic rings. The maximum atomic E-state index is 12.9. The average Bonchev–Trinajstić information content (AvgIpc) is 2.79. The van der Waals surface area contributed by atoms with E-state index in [1.54, 1.807) is 30.2 Å². The lowest BCUT2D eigenvalue weighted by atomic mass is 10.1. The summed E-state index contributed by atoms with van der Waals surface area (Å²) in [7, 11) is 1.62. The van der Waals surface area contributed by atoms with E-state index in [-0.39, 0.29) is 18.0 Å². The number of carbonyl (C=O) groups excluding carboxylic acids is 1. The second kappa shape index (κ2) is 8.99. The molecule has 0 saturated carbocycles. The molecule has 0 spiro atoms. The quantitative estimate of drug-likeness (QED) is 0.605. The first-order valence-electron chi connectivity index (χ1n) is 9.68. The third-order valence-electron chi connectivity index (χ3n) is 5.15. The second-order valence-corrected chi connectivity index (χ2v) is 7.96. The lowest BCUT2D eigenvalue weighted by Gasteiger charge is -2.28. The molecule has 0 radical (unpaired) electrons. The molecule has 0 bridgehead atoms. The first-order chi connectivity index (χ1) is 14.9. The van der Waals surface area contributed by atoms with Crippen molar-refractivity contribution in [1.82, 2.24) is 14.9 Å². The van der Waals surface area contributed by atoms with Gasteiger partial charge in [-0.05, 0) is 42.3 Å². The highest BCUT2D eigenvalue weighted by Gasteiger charge is 2.25. The summed E-state index contributed by atoms with van der Waals surface area (Å²) < 4.78 is 5.16. The fraction of sp³-hybridized carbons (Fsp3) is 0.227. The molecule has 7 nitrogen and oxygen atoms in total. The number of hydrogen-bond donors (Lipinski definition) is 2. The molecule has 0 atom stereocenters. The predicted molar refractivity (Wildman–Crippen MR) is 120 cm³/mol. The summed E-state index contributed by atoms with van der Waals surface area (Å²) in [6.07, 6.45) is 0.434. The van der Waals surface area contributed by atoms with Crippen LogP contribution in [0.1, 0.15) is 27.2 Å².